The zero-order valence-corrected chi connectivity index (χ0v) is 15.8. The molecule has 1 aromatic carbocycles. The fraction of sp³-hybridized carbons (Fsp3) is 0.647. The summed E-state index contributed by atoms with van der Waals surface area (Å²) in [5.41, 5.74) is -0.289. The predicted molar refractivity (Wildman–Crippen MR) is 92.0 cm³/mol. The first-order valence-corrected chi connectivity index (χ1v) is 10.9. The van der Waals surface area contributed by atoms with Crippen molar-refractivity contribution >= 4 is 8.80 Å². The summed E-state index contributed by atoms with van der Waals surface area (Å²) in [6, 6.07) is 7.59. The number of rotatable bonds is 9. The normalized spacial score (nSPS) is 15.9. The Balaban J connectivity index is 3.14. The molecule has 0 fully saturated rings. The van der Waals surface area contributed by atoms with Gasteiger partial charge in [-0.2, -0.15) is 0 Å². The van der Waals surface area contributed by atoms with Crippen LogP contribution in [0, 0.1) is 0 Å². The fourth-order valence-electron chi connectivity index (χ4n) is 2.67. The molecule has 0 heterocycles. The Morgan fingerprint density at radius 2 is 1.95 bits per heavy atom. The number of aliphatic hydroxyl groups is 1. The lowest BCUT2D eigenvalue weighted by Gasteiger charge is -2.39. The minimum absolute atomic E-state index is 0.0888. The summed E-state index contributed by atoms with van der Waals surface area (Å²) in [5.74, 6) is 0.694. The standard InChI is InChI=1S/C17H30O4Si/c1-7-17(18,16(22(5)6)21-13(2)3)14-9-8-10-15(11-14)20-12-19-4/h8-11,13,16,18,22H,7,12H2,1-6H3. The Labute approximate surface area is 136 Å². The summed E-state index contributed by atoms with van der Waals surface area (Å²) >= 11 is 0. The lowest BCUT2D eigenvalue weighted by Crippen LogP contribution is -2.49. The minimum Gasteiger partial charge on any atom is -0.468 e. The number of hydrogen-bond donors (Lipinski definition) is 1. The summed E-state index contributed by atoms with van der Waals surface area (Å²) in [7, 11) is 0.357. The van der Waals surface area contributed by atoms with E-state index < -0.39 is 14.4 Å². The van der Waals surface area contributed by atoms with E-state index in [2.05, 4.69) is 13.1 Å². The van der Waals surface area contributed by atoms with Crippen LogP contribution in [0.1, 0.15) is 32.8 Å². The third kappa shape index (κ3) is 4.81. The van der Waals surface area contributed by atoms with Crippen LogP contribution in [0.5, 0.6) is 5.75 Å². The van der Waals surface area contributed by atoms with Crippen LogP contribution in [0.3, 0.4) is 0 Å². The molecule has 126 valence electrons. The molecule has 2 unspecified atom stereocenters. The van der Waals surface area contributed by atoms with Gasteiger partial charge in [0.15, 0.2) is 6.79 Å². The summed E-state index contributed by atoms with van der Waals surface area (Å²) < 4.78 is 16.5. The third-order valence-electron chi connectivity index (χ3n) is 3.71. The Hall–Kier alpha value is -0.883. The molecule has 2 atom stereocenters. The molecule has 4 nitrogen and oxygen atoms in total. The highest BCUT2D eigenvalue weighted by Gasteiger charge is 2.40. The molecule has 0 saturated carbocycles. The molecule has 0 aromatic heterocycles. The number of ether oxygens (including phenoxy) is 3. The fourth-order valence-corrected chi connectivity index (χ4v) is 4.83. The molecule has 0 radical (unpaired) electrons. The molecule has 0 saturated heterocycles. The molecule has 0 spiro atoms. The van der Waals surface area contributed by atoms with Gasteiger partial charge in [-0.3, -0.25) is 0 Å². The van der Waals surface area contributed by atoms with E-state index in [1.54, 1.807) is 7.11 Å². The molecule has 0 aliphatic heterocycles. The summed E-state index contributed by atoms with van der Waals surface area (Å²) in [6.07, 6.45) is 0.689. The number of methoxy groups -OCH3 is 1. The quantitative estimate of drug-likeness (QED) is 0.559. The molecule has 0 aliphatic rings. The van der Waals surface area contributed by atoms with Gasteiger partial charge in [0, 0.05) is 7.11 Å². The van der Waals surface area contributed by atoms with Crippen LogP contribution in [-0.4, -0.2) is 39.6 Å². The van der Waals surface area contributed by atoms with Crippen molar-refractivity contribution in [3.8, 4) is 5.75 Å². The minimum atomic E-state index is -1.23. The van der Waals surface area contributed by atoms with Gasteiger partial charge >= 0.3 is 0 Å². The van der Waals surface area contributed by atoms with Crippen molar-refractivity contribution in [3.05, 3.63) is 29.8 Å². The van der Waals surface area contributed by atoms with Gasteiger partial charge in [-0.1, -0.05) is 32.2 Å². The van der Waals surface area contributed by atoms with Crippen molar-refractivity contribution < 1.29 is 19.3 Å². The maximum absolute atomic E-state index is 11.3. The van der Waals surface area contributed by atoms with Gasteiger partial charge < -0.3 is 19.3 Å². The molecule has 1 N–H and O–H groups in total. The van der Waals surface area contributed by atoms with Gasteiger partial charge in [0.05, 0.1) is 20.6 Å². The van der Waals surface area contributed by atoms with E-state index >= 15 is 0 Å². The molecule has 0 amide bonds. The van der Waals surface area contributed by atoms with Crippen molar-refractivity contribution in [1.29, 1.82) is 0 Å². The highest BCUT2D eigenvalue weighted by molar-refractivity contribution is 6.57. The van der Waals surface area contributed by atoms with Crippen LogP contribution >= 0.6 is 0 Å². The van der Waals surface area contributed by atoms with E-state index in [0.29, 0.717) is 12.2 Å². The van der Waals surface area contributed by atoms with E-state index in [1.807, 2.05) is 45.0 Å². The van der Waals surface area contributed by atoms with Gasteiger partial charge in [-0.15, -0.1) is 0 Å². The lowest BCUT2D eigenvalue weighted by molar-refractivity contribution is -0.0987. The van der Waals surface area contributed by atoms with E-state index in [0.717, 1.165) is 5.56 Å². The van der Waals surface area contributed by atoms with E-state index in [9.17, 15) is 5.11 Å². The summed E-state index contributed by atoms with van der Waals surface area (Å²) in [5, 5.41) is 11.3. The van der Waals surface area contributed by atoms with Gasteiger partial charge in [0.1, 0.15) is 11.4 Å². The monoisotopic (exact) mass is 326 g/mol. The maximum atomic E-state index is 11.3. The Kier molecular flexibility index (Phi) is 7.55. The third-order valence-corrected chi connectivity index (χ3v) is 5.63. The second-order valence-electron chi connectivity index (χ2n) is 6.21. The van der Waals surface area contributed by atoms with Crippen LogP contribution in [0.2, 0.25) is 13.1 Å². The lowest BCUT2D eigenvalue weighted by atomic mass is 9.91. The molecule has 22 heavy (non-hydrogen) atoms. The second kappa shape index (κ2) is 8.67. The predicted octanol–water partition coefficient (Wildman–Crippen LogP) is 3.09. The zero-order valence-electron chi connectivity index (χ0n) is 14.6. The van der Waals surface area contributed by atoms with Gasteiger partial charge in [-0.25, -0.2) is 0 Å². The largest absolute Gasteiger partial charge is 0.468 e. The molecule has 1 rings (SSSR count). The van der Waals surface area contributed by atoms with Gasteiger partial charge in [0.2, 0.25) is 0 Å². The average Bonchev–Trinajstić information content (AvgIpc) is 2.49. The van der Waals surface area contributed by atoms with Crippen LogP contribution < -0.4 is 4.74 Å². The van der Waals surface area contributed by atoms with Crippen molar-refractivity contribution in [2.75, 3.05) is 13.9 Å². The summed E-state index contributed by atoms with van der Waals surface area (Å²) in [6.45, 7) is 10.6. The maximum Gasteiger partial charge on any atom is 0.188 e. The molecule has 1 aromatic rings. The topological polar surface area (TPSA) is 47.9 Å². The Bertz CT molecular complexity index is 450. The Morgan fingerprint density at radius 3 is 2.45 bits per heavy atom. The van der Waals surface area contributed by atoms with Crippen LogP contribution in [0.4, 0.5) is 0 Å². The molecule has 0 aliphatic carbocycles. The SMILES string of the molecule is CCC(O)(c1cccc(OCOC)c1)C(OC(C)C)[SiH](C)C. The van der Waals surface area contributed by atoms with Crippen molar-refractivity contribution in [2.24, 2.45) is 0 Å². The van der Waals surface area contributed by atoms with E-state index in [-0.39, 0.29) is 18.6 Å². The van der Waals surface area contributed by atoms with Crippen LogP contribution in [0.25, 0.3) is 0 Å². The zero-order chi connectivity index (χ0) is 16.8. The highest BCUT2D eigenvalue weighted by atomic mass is 28.3. The first-order valence-electron chi connectivity index (χ1n) is 7.95. The molecule has 0 bridgehead atoms. The second-order valence-corrected chi connectivity index (χ2v) is 9.30. The molecule has 5 heteroatoms. The van der Waals surface area contributed by atoms with E-state index in [4.69, 9.17) is 14.2 Å². The van der Waals surface area contributed by atoms with Crippen molar-refractivity contribution in [1.82, 2.24) is 0 Å². The van der Waals surface area contributed by atoms with Crippen LogP contribution in [0.15, 0.2) is 24.3 Å². The Morgan fingerprint density at radius 1 is 1.27 bits per heavy atom. The smallest absolute Gasteiger partial charge is 0.188 e. The van der Waals surface area contributed by atoms with Crippen molar-refractivity contribution in [3.63, 3.8) is 0 Å². The molecular formula is C17H30O4Si. The van der Waals surface area contributed by atoms with Crippen LogP contribution in [-0.2, 0) is 15.1 Å². The number of benzene rings is 1. The summed E-state index contributed by atoms with van der Waals surface area (Å²) in [4.78, 5) is 0. The molecular weight excluding hydrogens is 296 g/mol. The number of hydrogen-bond acceptors (Lipinski definition) is 4. The van der Waals surface area contributed by atoms with Gasteiger partial charge in [-0.05, 0) is 38.0 Å². The first kappa shape index (κ1) is 19.2. The highest BCUT2D eigenvalue weighted by Crippen LogP contribution is 2.34. The average molecular weight is 327 g/mol. The van der Waals surface area contributed by atoms with Gasteiger partial charge in [0.25, 0.3) is 0 Å². The van der Waals surface area contributed by atoms with E-state index in [1.165, 1.54) is 0 Å². The van der Waals surface area contributed by atoms with Crippen molar-refractivity contribution in [2.45, 2.75) is 57.7 Å². The first-order chi connectivity index (χ1) is 10.3.